The summed E-state index contributed by atoms with van der Waals surface area (Å²) in [5.41, 5.74) is 0.419. The van der Waals surface area contributed by atoms with E-state index in [-0.39, 0.29) is 34.7 Å². The van der Waals surface area contributed by atoms with Gasteiger partial charge in [0, 0.05) is 28.6 Å². The number of carboxylic acid groups (broad SMARTS) is 1. The number of anilines is 1. The maximum Gasteiger partial charge on any atom is 0.318 e. The molecule has 9 nitrogen and oxygen atoms in total. The summed E-state index contributed by atoms with van der Waals surface area (Å²) in [6.45, 7) is -1.03. The molecule has 1 saturated heterocycles. The van der Waals surface area contributed by atoms with Crippen LogP contribution in [0.2, 0.25) is 4.34 Å². The average molecular weight is 613 g/mol. The molecule has 1 amide bonds. The normalized spacial score (nSPS) is 16.5. The molecular weight excluding hydrogens is 591 g/mol. The number of benzene rings is 2. The monoisotopic (exact) mass is 612 g/mol. The Morgan fingerprint density at radius 2 is 1.90 bits per heavy atom. The van der Waals surface area contributed by atoms with E-state index >= 15 is 4.39 Å². The lowest BCUT2D eigenvalue weighted by atomic mass is 10.0. The fourth-order valence-electron chi connectivity index (χ4n) is 4.25. The van der Waals surface area contributed by atoms with Crippen LogP contribution in [0, 0.1) is 5.82 Å². The number of carbonyl (C=O) groups excluding carboxylic acids is 1. The predicted molar refractivity (Wildman–Crippen MR) is 147 cm³/mol. The molecule has 0 radical (unpaired) electrons. The van der Waals surface area contributed by atoms with Crippen molar-refractivity contribution in [2.75, 3.05) is 24.2 Å². The van der Waals surface area contributed by atoms with E-state index in [2.05, 4.69) is 0 Å². The van der Waals surface area contributed by atoms with Crippen molar-refractivity contribution in [2.24, 2.45) is 0 Å². The van der Waals surface area contributed by atoms with Gasteiger partial charge in [0.1, 0.15) is 18.4 Å². The zero-order valence-electron chi connectivity index (χ0n) is 20.3. The molecule has 3 aromatic rings. The number of sulfonamides is 1. The Labute approximate surface area is 233 Å². The molecule has 1 N–H and O–H groups in total. The number of carbonyl (C=O) groups is 2. The Kier molecular flexibility index (Phi) is 8.28. The minimum Gasteiger partial charge on any atom is -0.480 e. The van der Waals surface area contributed by atoms with Gasteiger partial charge in [-0.2, -0.15) is 4.31 Å². The second-order valence-electron chi connectivity index (χ2n) is 8.66. The van der Waals surface area contributed by atoms with Crippen LogP contribution in [0.15, 0.2) is 64.9 Å². The molecule has 4 rings (SSSR count). The van der Waals surface area contributed by atoms with E-state index in [9.17, 15) is 31.5 Å². The van der Waals surface area contributed by atoms with Gasteiger partial charge < -0.3 is 10.0 Å². The van der Waals surface area contributed by atoms with Crippen molar-refractivity contribution in [3.05, 3.63) is 75.0 Å². The van der Waals surface area contributed by atoms with E-state index in [0.717, 1.165) is 34.0 Å². The van der Waals surface area contributed by atoms with E-state index < -0.39 is 50.1 Å². The maximum absolute atomic E-state index is 15.3. The SMILES string of the molecule is CS(=O)(=O)c1ccccc1-c1ccc(N2CC[C@H](N(CC(=O)O)S(=O)(=O)/C=C/c3ccc(Cl)s3)C2=O)c(F)c1. The largest absolute Gasteiger partial charge is 0.480 e. The van der Waals surface area contributed by atoms with Gasteiger partial charge in [-0.25, -0.2) is 21.2 Å². The number of hydrogen-bond acceptors (Lipinski definition) is 7. The Morgan fingerprint density at radius 3 is 2.51 bits per heavy atom. The van der Waals surface area contributed by atoms with Crippen LogP contribution in [0.25, 0.3) is 17.2 Å². The third-order valence-corrected chi connectivity index (χ3v) is 9.85. The molecule has 2 heterocycles. The van der Waals surface area contributed by atoms with E-state index in [0.29, 0.717) is 13.5 Å². The first-order chi connectivity index (χ1) is 18.3. The van der Waals surface area contributed by atoms with Gasteiger partial charge in [0.2, 0.25) is 15.9 Å². The molecule has 0 spiro atoms. The number of sulfone groups is 1. The summed E-state index contributed by atoms with van der Waals surface area (Å²) in [4.78, 5) is 26.4. The van der Waals surface area contributed by atoms with Crippen LogP contribution in [0.1, 0.15) is 11.3 Å². The summed E-state index contributed by atoms with van der Waals surface area (Å²) in [5, 5.41) is 10.2. The lowest BCUT2D eigenvalue weighted by molar-refractivity contribution is -0.137. The zero-order chi connectivity index (χ0) is 28.5. The molecule has 1 aromatic heterocycles. The number of rotatable bonds is 9. The zero-order valence-corrected chi connectivity index (χ0v) is 23.5. The smallest absolute Gasteiger partial charge is 0.318 e. The Balaban J connectivity index is 1.63. The number of nitrogens with zero attached hydrogens (tertiary/aromatic N) is 2. The minimum absolute atomic E-state index is 0.0156. The molecule has 1 atom stereocenters. The van der Waals surface area contributed by atoms with Crippen molar-refractivity contribution >= 4 is 66.4 Å². The van der Waals surface area contributed by atoms with Crippen molar-refractivity contribution in [3.8, 4) is 11.1 Å². The van der Waals surface area contributed by atoms with E-state index in [1.165, 1.54) is 30.3 Å². The lowest BCUT2D eigenvalue weighted by Crippen LogP contribution is -2.47. The van der Waals surface area contributed by atoms with Gasteiger partial charge in [-0.15, -0.1) is 11.3 Å². The number of carboxylic acids is 1. The van der Waals surface area contributed by atoms with Gasteiger partial charge in [0.25, 0.3) is 0 Å². The summed E-state index contributed by atoms with van der Waals surface area (Å²) < 4.78 is 66.7. The van der Waals surface area contributed by atoms with Crippen molar-refractivity contribution in [1.29, 1.82) is 0 Å². The third-order valence-electron chi connectivity index (χ3n) is 5.98. The second-order valence-corrected chi connectivity index (χ2v) is 14.2. The van der Waals surface area contributed by atoms with Gasteiger partial charge in [0.15, 0.2) is 9.84 Å². The van der Waals surface area contributed by atoms with Crippen molar-refractivity contribution in [2.45, 2.75) is 17.4 Å². The summed E-state index contributed by atoms with van der Waals surface area (Å²) in [7, 11) is -7.96. The molecule has 206 valence electrons. The Morgan fingerprint density at radius 1 is 1.18 bits per heavy atom. The summed E-state index contributed by atoms with van der Waals surface area (Å²) in [6.07, 6.45) is 2.23. The van der Waals surface area contributed by atoms with Crippen LogP contribution < -0.4 is 4.90 Å². The van der Waals surface area contributed by atoms with Crippen LogP contribution in [0.4, 0.5) is 10.1 Å². The topological polar surface area (TPSA) is 129 Å². The van der Waals surface area contributed by atoms with Crippen LogP contribution in [0.3, 0.4) is 0 Å². The molecule has 1 aliphatic heterocycles. The van der Waals surface area contributed by atoms with Crippen molar-refractivity contribution in [3.63, 3.8) is 0 Å². The first-order valence-corrected chi connectivity index (χ1v) is 15.9. The number of halogens is 2. The molecule has 0 unspecified atom stereocenters. The van der Waals surface area contributed by atoms with Crippen LogP contribution in [0.5, 0.6) is 0 Å². The summed E-state index contributed by atoms with van der Waals surface area (Å²) in [6, 6.07) is 11.8. The van der Waals surface area contributed by atoms with Crippen LogP contribution >= 0.6 is 22.9 Å². The van der Waals surface area contributed by atoms with Gasteiger partial charge >= 0.3 is 5.97 Å². The molecule has 0 saturated carbocycles. The number of amides is 1. The van der Waals surface area contributed by atoms with Crippen LogP contribution in [-0.4, -0.2) is 63.5 Å². The average Bonchev–Trinajstić information content (AvgIpc) is 3.45. The Hall–Kier alpha value is -3.10. The molecule has 0 bridgehead atoms. The fraction of sp³-hybridized carbons (Fsp3) is 0.200. The summed E-state index contributed by atoms with van der Waals surface area (Å²) >= 11 is 6.98. The minimum atomic E-state index is -4.36. The highest BCUT2D eigenvalue weighted by molar-refractivity contribution is 7.92. The highest BCUT2D eigenvalue weighted by Crippen LogP contribution is 2.33. The highest BCUT2D eigenvalue weighted by atomic mass is 35.5. The second kappa shape index (κ2) is 11.2. The number of aliphatic carboxylic acids is 1. The standard InChI is InChI=1S/C25H22ClFN2O7S3/c1-38(33,34)22-5-3-2-4-18(22)16-6-8-20(19(27)14-16)28-12-10-21(25(28)32)29(15-24(30)31)39(35,36)13-11-17-7-9-23(26)37-17/h2-9,11,13-14,21H,10,12,15H2,1H3,(H,30,31)/b13-11+/t21-/m0/s1. The van der Waals surface area contributed by atoms with E-state index in [1.54, 1.807) is 24.3 Å². The molecule has 39 heavy (non-hydrogen) atoms. The van der Waals surface area contributed by atoms with Gasteiger partial charge in [-0.1, -0.05) is 35.9 Å². The molecule has 0 aliphatic carbocycles. The quantitative estimate of drug-likeness (QED) is 0.385. The molecule has 2 aromatic carbocycles. The Bertz CT molecular complexity index is 1690. The fourth-order valence-corrected chi connectivity index (χ4v) is 7.53. The van der Waals surface area contributed by atoms with Gasteiger partial charge in [-0.05, 0) is 48.4 Å². The maximum atomic E-state index is 15.3. The van der Waals surface area contributed by atoms with Crippen molar-refractivity contribution in [1.82, 2.24) is 4.31 Å². The van der Waals surface area contributed by atoms with Crippen LogP contribution in [-0.2, 0) is 29.4 Å². The number of thiophene rings is 1. The lowest BCUT2D eigenvalue weighted by Gasteiger charge is -2.24. The summed E-state index contributed by atoms with van der Waals surface area (Å²) in [5.74, 6) is -3.07. The van der Waals surface area contributed by atoms with Gasteiger partial charge in [-0.3, -0.25) is 9.59 Å². The first-order valence-electron chi connectivity index (χ1n) is 11.4. The molecule has 1 aliphatic rings. The van der Waals surface area contributed by atoms with Crippen molar-refractivity contribution < 1.29 is 35.9 Å². The first kappa shape index (κ1) is 28.9. The predicted octanol–water partition coefficient (Wildman–Crippen LogP) is 4.10. The third kappa shape index (κ3) is 6.39. The van der Waals surface area contributed by atoms with E-state index in [4.69, 9.17) is 11.6 Å². The number of hydrogen-bond donors (Lipinski definition) is 1. The highest BCUT2D eigenvalue weighted by Gasteiger charge is 2.42. The van der Waals surface area contributed by atoms with E-state index in [1.807, 2.05) is 0 Å². The van der Waals surface area contributed by atoms with Gasteiger partial charge in [0.05, 0.1) is 14.9 Å². The molecule has 1 fully saturated rings. The molecular formula is C25H22ClFN2O7S3. The molecule has 14 heteroatoms.